The summed E-state index contributed by atoms with van der Waals surface area (Å²) in [6.45, 7) is 11.9. The molecule has 0 bridgehead atoms. The minimum absolute atomic E-state index is 0.0127. The van der Waals surface area contributed by atoms with E-state index in [1.54, 1.807) is 0 Å². The molecule has 194 valence electrons. The Balaban J connectivity index is 1.52. The highest BCUT2D eigenvalue weighted by Crippen LogP contribution is 2.37. The van der Waals surface area contributed by atoms with Gasteiger partial charge in [0.2, 0.25) is 0 Å². The van der Waals surface area contributed by atoms with Gasteiger partial charge in [-0.25, -0.2) is 0 Å². The van der Waals surface area contributed by atoms with Crippen LogP contribution in [0.4, 0.5) is 0 Å². The smallest absolute Gasteiger partial charge is 0.261 e. The summed E-state index contributed by atoms with van der Waals surface area (Å²) in [6.07, 6.45) is 5.00. The number of ether oxygens (including phenoxy) is 1. The molecule has 5 heteroatoms. The fourth-order valence-corrected chi connectivity index (χ4v) is 9.96. The second-order valence-electron chi connectivity index (χ2n) is 11.1. The van der Waals surface area contributed by atoms with E-state index in [1.807, 2.05) is 49.1 Å². The highest BCUT2D eigenvalue weighted by molar-refractivity contribution is 6.99. The fourth-order valence-electron chi connectivity index (χ4n) is 5.38. The highest BCUT2D eigenvalue weighted by atomic mass is 28.4. The summed E-state index contributed by atoms with van der Waals surface area (Å²) >= 11 is 0. The molecule has 3 aromatic carbocycles. The summed E-state index contributed by atoms with van der Waals surface area (Å²) in [4.78, 5) is 15.2. The lowest BCUT2D eigenvalue weighted by molar-refractivity contribution is -0.0392. The van der Waals surface area contributed by atoms with Gasteiger partial charge in [-0.15, -0.1) is 0 Å². The van der Waals surface area contributed by atoms with E-state index in [0.29, 0.717) is 18.8 Å². The summed E-state index contributed by atoms with van der Waals surface area (Å²) < 4.78 is 13.0. The molecular formula is C32H39NO3Si. The summed E-state index contributed by atoms with van der Waals surface area (Å²) in [7, 11) is -2.55. The Morgan fingerprint density at radius 2 is 1.46 bits per heavy atom. The number of carbonyl (C=O) groups is 1. The lowest BCUT2D eigenvalue weighted by Gasteiger charge is -2.43. The van der Waals surface area contributed by atoms with Crippen LogP contribution >= 0.6 is 0 Å². The molecule has 0 spiro atoms. The number of amides is 1. The van der Waals surface area contributed by atoms with E-state index < -0.39 is 14.0 Å². The minimum Gasteiger partial charge on any atom is -0.407 e. The van der Waals surface area contributed by atoms with Gasteiger partial charge in [0.25, 0.3) is 14.2 Å². The van der Waals surface area contributed by atoms with E-state index in [-0.39, 0.29) is 17.0 Å². The maximum atomic E-state index is 13.3. The Hall–Kier alpha value is -2.99. The van der Waals surface area contributed by atoms with Crippen LogP contribution in [0.25, 0.3) is 0 Å². The van der Waals surface area contributed by atoms with Crippen molar-refractivity contribution in [1.82, 2.24) is 4.90 Å². The molecule has 1 aliphatic rings. The zero-order valence-corrected chi connectivity index (χ0v) is 23.7. The van der Waals surface area contributed by atoms with Crippen molar-refractivity contribution in [2.24, 2.45) is 0 Å². The first-order chi connectivity index (χ1) is 17.7. The van der Waals surface area contributed by atoms with Crippen LogP contribution in [0.1, 0.15) is 51.4 Å². The van der Waals surface area contributed by atoms with Crippen LogP contribution in [0, 0.1) is 0 Å². The monoisotopic (exact) mass is 513 g/mol. The van der Waals surface area contributed by atoms with E-state index in [9.17, 15) is 4.79 Å². The molecule has 37 heavy (non-hydrogen) atoms. The maximum absolute atomic E-state index is 13.3. The fraction of sp³-hybridized carbons (Fsp3) is 0.344. The predicted molar refractivity (Wildman–Crippen MR) is 154 cm³/mol. The second kappa shape index (κ2) is 11.2. The SMILES string of the molecule is CC1(C)OC[C@@H](/C=C\CCO[Si](c2ccccc2)(c2ccccc2)C(C)(C)C)N1C(=O)c1ccccc1. The Morgan fingerprint density at radius 1 is 0.946 bits per heavy atom. The Labute approximate surface area is 223 Å². The first-order valence-corrected chi connectivity index (χ1v) is 15.0. The number of hydrogen-bond donors (Lipinski definition) is 0. The molecule has 1 amide bonds. The van der Waals surface area contributed by atoms with Gasteiger partial charge < -0.3 is 14.1 Å². The molecule has 0 saturated carbocycles. The minimum atomic E-state index is -2.55. The normalized spacial score (nSPS) is 17.9. The Bertz CT molecular complexity index is 1150. The van der Waals surface area contributed by atoms with Gasteiger partial charge in [-0.2, -0.15) is 0 Å². The van der Waals surface area contributed by atoms with E-state index in [2.05, 4.69) is 93.6 Å². The molecule has 4 nitrogen and oxygen atoms in total. The zero-order valence-electron chi connectivity index (χ0n) is 22.7. The molecule has 1 fully saturated rings. The quantitative estimate of drug-likeness (QED) is 0.218. The van der Waals surface area contributed by atoms with Crippen LogP contribution in [0.15, 0.2) is 103 Å². The van der Waals surface area contributed by atoms with E-state index in [4.69, 9.17) is 9.16 Å². The number of carbonyl (C=O) groups excluding carboxylic acids is 1. The summed E-state index contributed by atoms with van der Waals surface area (Å²) in [6, 6.07) is 30.7. The molecule has 0 radical (unpaired) electrons. The molecule has 1 heterocycles. The van der Waals surface area contributed by atoms with Crippen molar-refractivity contribution in [3.05, 3.63) is 109 Å². The van der Waals surface area contributed by atoms with Crippen LogP contribution in [0.5, 0.6) is 0 Å². The van der Waals surface area contributed by atoms with Gasteiger partial charge in [0.15, 0.2) is 0 Å². The standard InChI is InChI=1S/C32H39NO3Si/c1-31(2,3)37(28-20-11-7-12-21-28,29-22-13-8-14-23-29)36-24-16-15-19-27-25-35-32(4,5)33(27)30(34)26-17-9-6-10-18-26/h6-15,17-23,27H,16,24-25H2,1-5H3/b19-15-/t27-/m1/s1. The van der Waals surface area contributed by atoms with Crippen molar-refractivity contribution in [2.45, 2.75) is 57.8 Å². The molecule has 0 aromatic heterocycles. The number of rotatable bonds is 8. The van der Waals surface area contributed by atoms with Gasteiger partial charge in [0, 0.05) is 12.2 Å². The first kappa shape index (κ1) is 27.1. The maximum Gasteiger partial charge on any atom is 0.261 e. The van der Waals surface area contributed by atoms with Gasteiger partial charge >= 0.3 is 0 Å². The average Bonchev–Trinajstić information content (AvgIpc) is 3.20. The molecule has 3 aromatic rings. The molecule has 0 N–H and O–H groups in total. The third-order valence-corrected chi connectivity index (χ3v) is 12.2. The molecule has 1 aliphatic heterocycles. The van der Waals surface area contributed by atoms with Gasteiger partial charge in [-0.3, -0.25) is 4.79 Å². The largest absolute Gasteiger partial charge is 0.407 e. The van der Waals surface area contributed by atoms with Crippen molar-refractivity contribution in [3.63, 3.8) is 0 Å². The van der Waals surface area contributed by atoms with Crippen LogP contribution in [0.3, 0.4) is 0 Å². The molecule has 1 saturated heterocycles. The lowest BCUT2D eigenvalue weighted by atomic mass is 10.1. The molecular weight excluding hydrogens is 474 g/mol. The van der Waals surface area contributed by atoms with E-state index in [0.717, 1.165) is 6.42 Å². The second-order valence-corrected chi connectivity index (χ2v) is 15.4. The van der Waals surface area contributed by atoms with Crippen molar-refractivity contribution in [3.8, 4) is 0 Å². The first-order valence-electron chi connectivity index (χ1n) is 13.1. The van der Waals surface area contributed by atoms with Crippen LogP contribution in [-0.4, -0.2) is 44.1 Å². The van der Waals surface area contributed by atoms with Crippen LogP contribution in [-0.2, 0) is 9.16 Å². The van der Waals surface area contributed by atoms with Crippen molar-refractivity contribution in [1.29, 1.82) is 0 Å². The highest BCUT2D eigenvalue weighted by Gasteiger charge is 2.50. The van der Waals surface area contributed by atoms with Crippen LogP contribution < -0.4 is 10.4 Å². The molecule has 4 rings (SSSR count). The Morgan fingerprint density at radius 3 is 1.97 bits per heavy atom. The predicted octanol–water partition coefficient (Wildman–Crippen LogP) is 5.79. The third kappa shape index (κ3) is 5.64. The van der Waals surface area contributed by atoms with E-state index >= 15 is 0 Å². The Kier molecular flexibility index (Phi) is 8.17. The number of benzene rings is 3. The van der Waals surface area contributed by atoms with Crippen molar-refractivity contribution >= 4 is 24.6 Å². The summed E-state index contributed by atoms with van der Waals surface area (Å²) in [5.41, 5.74) is 0.0161. The molecule has 1 atom stereocenters. The number of hydrogen-bond acceptors (Lipinski definition) is 3. The van der Waals surface area contributed by atoms with E-state index in [1.165, 1.54) is 10.4 Å². The number of nitrogens with zero attached hydrogens (tertiary/aromatic N) is 1. The summed E-state index contributed by atoms with van der Waals surface area (Å²) in [5, 5.41) is 2.51. The van der Waals surface area contributed by atoms with Crippen LogP contribution in [0.2, 0.25) is 5.04 Å². The van der Waals surface area contributed by atoms with Gasteiger partial charge in [0.1, 0.15) is 5.72 Å². The third-order valence-electron chi connectivity index (χ3n) is 7.14. The average molecular weight is 514 g/mol. The van der Waals surface area contributed by atoms with Gasteiger partial charge in [-0.05, 0) is 47.8 Å². The van der Waals surface area contributed by atoms with Crippen molar-refractivity contribution in [2.75, 3.05) is 13.2 Å². The van der Waals surface area contributed by atoms with Crippen molar-refractivity contribution < 1.29 is 14.0 Å². The molecule has 0 unspecified atom stereocenters. The lowest BCUT2D eigenvalue weighted by Crippen LogP contribution is -2.66. The van der Waals surface area contributed by atoms with Gasteiger partial charge in [-0.1, -0.05) is 112 Å². The summed E-state index contributed by atoms with van der Waals surface area (Å²) in [5.74, 6) is -0.0127. The topological polar surface area (TPSA) is 38.8 Å². The molecule has 0 aliphatic carbocycles. The van der Waals surface area contributed by atoms with Gasteiger partial charge in [0.05, 0.1) is 12.6 Å². The zero-order chi connectivity index (χ0) is 26.5.